The molecule has 7 atom stereocenters. The van der Waals surface area contributed by atoms with Gasteiger partial charge in [-0.1, -0.05) is 6.92 Å². The van der Waals surface area contributed by atoms with Gasteiger partial charge in [-0.15, -0.1) is 0 Å². The fourth-order valence-electron chi connectivity index (χ4n) is 3.11. The molecule has 1 aromatic carbocycles. The van der Waals surface area contributed by atoms with Gasteiger partial charge in [-0.2, -0.15) is 0 Å². The maximum Gasteiger partial charge on any atom is 0.240 e. The van der Waals surface area contributed by atoms with Crippen molar-refractivity contribution in [1.82, 2.24) is 4.72 Å². The molecule has 1 fully saturated rings. The molecule has 160 valence electrons. The van der Waals surface area contributed by atoms with Crippen molar-refractivity contribution in [3.63, 3.8) is 0 Å². The molecule has 1 saturated heterocycles. The van der Waals surface area contributed by atoms with Gasteiger partial charge in [0, 0.05) is 5.92 Å². The summed E-state index contributed by atoms with van der Waals surface area (Å²) in [5.74, 6) is -3.58. The number of sulfonamides is 1. The molecule has 2 rings (SSSR count). The van der Waals surface area contributed by atoms with Crippen LogP contribution in [0, 0.1) is 5.92 Å². The van der Waals surface area contributed by atoms with Crippen molar-refractivity contribution < 1.29 is 42.0 Å². The molecule has 1 aliphatic heterocycles. The average molecular weight is 425 g/mol. The van der Waals surface area contributed by atoms with Crippen LogP contribution in [0.2, 0.25) is 0 Å². The third-order valence-corrected chi connectivity index (χ3v) is 6.31. The first-order valence-electron chi connectivity index (χ1n) is 8.58. The van der Waals surface area contributed by atoms with Crippen LogP contribution in [-0.4, -0.2) is 73.8 Å². The molecule has 0 aliphatic carbocycles. The van der Waals surface area contributed by atoms with E-state index in [0.29, 0.717) is 5.75 Å². The van der Waals surface area contributed by atoms with E-state index in [1.807, 2.05) is 0 Å². The molecule has 0 aromatic heterocycles. The fraction of sp³-hybridized carbons (Fsp3) is 0.647. The van der Waals surface area contributed by atoms with E-state index in [9.17, 15) is 27.4 Å². The fourth-order valence-corrected chi connectivity index (χ4v) is 4.43. The van der Waals surface area contributed by atoms with Gasteiger partial charge >= 0.3 is 0 Å². The molecule has 8 nitrogen and oxygen atoms in total. The second-order valence-electron chi connectivity index (χ2n) is 6.89. The molecule has 1 aromatic rings. The Balaban J connectivity index is 2.32. The Hall–Kier alpha value is -1.37. The summed E-state index contributed by atoms with van der Waals surface area (Å²) in [4.78, 5) is -0.188. The van der Waals surface area contributed by atoms with Crippen molar-refractivity contribution in [2.45, 2.75) is 55.1 Å². The Morgan fingerprint density at radius 3 is 2.39 bits per heavy atom. The zero-order valence-electron chi connectivity index (χ0n) is 15.6. The minimum Gasteiger partial charge on any atom is -0.497 e. The van der Waals surface area contributed by atoms with E-state index in [2.05, 4.69) is 4.72 Å². The summed E-state index contributed by atoms with van der Waals surface area (Å²) in [5, 5.41) is 28.7. The Morgan fingerprint density at radius 2 is 1.89 bits per heavy atom. The number of benzene rings is 1. The Morgan fingerprint density at radius 1 is 1.32 bits per heavy atom. The molecule has 1 aliphatic rings. The molecule has 4 N–H and O–H groups in total. The third kappa shape index (κ3) is 4.61. The van der Waals surface area contributed by atoms with E-state index < -0.39 is 58.9 Å². The van der Waals surface area contributed by atoms with Crippen LogP contribution in [0.15, 0.2) is 29.2 Å². The van der Waals surface area contributed by atoms with Gasteiger partial charge in [0.05, 0.1) is 30.8 Å². The lowest BCUT2D eigenvalue weighted by Gasteiger charge is -2.46. The lowest BCUT2D eigenvalue weighted by Crippen LogP contribution is -2.65. The molecule has 0 radical (unpaired) electrons. The molecular weight excluding hydrogens is 400 g/mol. The summed E-state index contributed by atoms with van der Waals surface area (Å²) in [7, 11) is -2.83. The molecule has 28 heavy (non-hydrogen) atoms. The number of aliphatic hydroxyl groups excluding tert-OH is 3. The van der Waals surface area contributed by atoms with Crippen LogP contribution in [0.4, 0.5) is 8.78 Å². The van der Waals surface area contributed by atoms with Crippen molar-refractivity contribution >= 4 is 10.0 Å². The average Bonchev–Trinajstić information content (AvgIpc) is 2.67. The first-order chi connectivity index (χ1) is 12.9. The van der Waals surface area contributed by atoms with Crippen LogP contribution < -0.4 is 9.46 Å². The van der Waals surface area contributed by atoms with Gasteiger partial charge in [-0.05, 0) is 31.2 Å². The zero-order valence-corrected chi connectivity index (χ0v) is 16.4. The Bertz CT molecular complexity index is 759. The second kappa shape index (κ2) is 8.56. The molecular formula is C17H25F2NO7S. The lowest BCUT2D eigenvalue weighted by atomic mass is 9.83. The van der Waals surface area contributed by atoms with Gasteiger partial charge in [0.25, 0.3) is 0 Å². The summed E-state index contributed by atoms with van der Waals surface area (Å²) in [6.45, 7) is 1.28. The maximum atomic E-state index is 14.7. The minimum absolute atomic E-state index is 0.188. The van der Waals surface area contributed by atoms with E-state index in [1.165, 1.54) is 38.3 Å². The Labute approximate surface area is 162 Å². The van der Waals surface area contributed by atoms with Crippen molar-refractivity contribution in [2.75, 3.05) is 13.7 Å². The number of hydrogen-bond acceptors (Lipinski definition) is 7. The van der Waals surface area contributed by atoms with Crippen molar-refractivity contribution in [1.29, 1.82) is 0 Å². The van der Waals surface area contributed by atoms with Crippen LogP contribution in [-0.2, 0) is 14.8 Å². The number of methoxy groups -OCH3 is 1. The first kappa shape index (κ1) is 22.9. The van der Waals surface area contributed by atoms with Gasteiger partial charge in [0.1, 0.15) is 18.0 Å². The van der Waals surface area contributed by atoms with E-state index in [4.69, 9.17) is 14.6 Å². The van der Waals surface area contributed by atoms with Crippen LogP contribution >= 0.6 is 0 Å². The maximum absolute atomic E-state index is 14.7. The topological polar surface area (TPSA) is 125 Å². The van der Waals surface area contributed by atoms with E-state index >= 15 is 0 Å². The van der Waals surface area contributed by atoms with Gasteiger partial charge in [-0.3, -0.25) is 0 Å². The first-order valence-corrected chi connectivity index (χ1v) is 10.1. The quantitative estimate of drug-likeness (QED) is 0.489. The largest absolute Gasteiger partial charge is 0.497 e. The number of halogens is 2. The van der Waals surface area contributed by atoms with Gasteiger partial charge in [0.2, 0.25) is 15.9 Å². The number of aliphatic hydroxyl groups is 3. The third-order valence-electron chi connectivity index (χ3n) is 4.84. The highest BCUT2D eigenvalue weighted by molar-refractivity contribution is 7.89. The SMILES string of the molecule is COc1ccc(S(=O)(=O)N[C@H]2C(F)C(C)(F)O[C@@H]([C@H](O)[C@H](O)CO)[C@@H]2C)cc1. The molecule has 0 spiro atoms. The number of ether oxygens (including phenoxy) is 2. The highest BCUT2D eigenvalue weighted by Crippen LogP contribution is 2.38. The number of nitrogens with one attached hydrogen (secondary N) is 1. The van der Waals surface area contributed by atoms with Gasteiger partial charge in [0.15, 0.2) is 6.17 Å². The van der Waals surface area contributed by atoms with Crippen molar-refractivity contribution in [2.24, 2.45) is 5.92 Å². The van der Waals surface area contributed by atoms with Crippen LogP contribution in [0.1, 0.15) is 13.8 Å². The van der Waals surface area contributed by atoms with E-state index in [1.54, 1.807) is 0 Å². The summed E-state index contributed by atoms with van der Waals surface area (Å²) < 4.78 is 66.7. The van der Waals surface area contributed by atoms with Crippen molar-refractivity contribution in [3.8, 4) is 5.75 Å². The molecule has 11 heteroatoms. The number of rotatable bonds is 7. The smallest absolute Gasteiger partial charge is 0.240 e. The number of alkyl halides is 2. The lowest BCUT2D eigenvalue weighted by molar-refractivity contribution is -0.279. The highest BCUT2D eigenvalue weighted by Gasteiger charge is 2.55. The standard InChI is InChI=1S/C17H25F2NO7S/c1-9-13(20-28(24,25)11-6-4-10(26-3)5-7-11)16(18)17(2,19)27-15(9)14(23)12(22)8-21/h4-7,9,12-16,20-23H,8H2,1-3H3/t9-,12-,13-,14-,15-,16?,17?/m1/s1. The van der Waals surface area contributed by atoms with Crippen LogP contribution in [0.25, 0.3) is 0 Å². The summed E-state index contributed by atoms with van der Waals surface area (Å²) in [6.07, 6.45) is -7.27. The van der Waals surface area contributed by atoms with E-state index in [0.717, 1.165) is 6.92 Å². The zero-order chi connectivity index (χ0) is 21.3. The molecule has 1 heterocycles. The summed E-state index contributed by atoms with van der Waals surface area (Å²) in [5.41, 5.74) is 0. The normalized spacial score (nSPS) is 33.3. The number of hydrogen-bond donors (Lipinski definition) is 4. The monoisotopic (exact) mass is 425 g/mol. The van der Waals surface area contributed by atoms with Crippen LogP contribution in [0.5, 0.6) is 5.75 Å². The van der Waals surface area contributed by atoms with Crippen LogP contribution in [0.3, 0.4) is 0 Å². The predicted octanol–water partition coefficient (Wildman–Crippen LogP) is 0.115. The molecule has 0 amide bonds. The summed E-state index contributed by atoms with van der Waals surface area (Å²) >= 11 is 0. The molecule has 0 bridgehead atoms. The van der Waals surface area contributed by atoms with E-state index in [-0.39, 0.29) is 4.90 Å². The molecule has 2 unspecified atom stereocenters. The summed E-state index contributed by atoms with van der Waals surface area (Å²) in [6, 6.07) is 3.70. The van der Waals surface area contributed by atoms with Gasteiger partial charge in [-0.25, -0.2) is 21.9 Å². The second-order valence-corrected chi connectivity index (χ2v) is 8.61. The highest BCUT2D eigenvalue weighted by atomic mass is 32.2. The minimum atomic E-state index is -4.24. The Kier molecular flexibility index (Phi) is 7.00. The van der Waals surface area contributed by atoms with Gasteiger partial charge < -0.3 is 24.8 Å². The van der Waals surface area contributed by atoms with Crippen molar-refractivity contribution in [3.05, 3.63) is 24.3 Å². The predicted molar refractivity (Wildman–Crippen MR) is 94.6 cm³/mol. The molecule has 0 saturated carbocycles.